The fraction of sp³-hybridized carbons (Fsp3) is 0.303. The van der Waals surface area contributed by atoms with Gasteiger partial charge in [-0.1, -0.05) is 69.2 Å². The van der Waals surface area contributed by atoms with Gasteiger partial charge in [-0.05, 0) is 71.8 Å². The number of amides is 1. The van der Waals surface area contributed by atoms with Gasteiger partial charge in [0.25, 0.3) is 5.91 Å². The Labute approximate surface area is 235 Å². The first kappa shape index (κ1) is 28.2. The van der Waals surface area contributed by atoms with Crippen molar-refractivity contribution < 1.29 is 14.3 Å². The van der Waals surface area contributed by atoms with E-state index in [1.165, 1.54) is 47.5 Å². The third-order valence-corrected chi connectivity index (χ3v) is 7.87. The summed E-state index contributed by atoms with van der Waals surface area (Å²) >= 11 is 1.43. The predicted octanol–water partition coefficient (Wildman–Crippen LogP) is 7.91. The Bertz CT molecular complexity index is 1310. The van der Waals surface area contributed by atoms with E-state index in [4.69, 9.17) is 4.74 Å². The molecule has 1 amide bonds. The fourth-order valence-corrected chi connectivity index (χ4v) is 5.68. The monoisotopic (exact) mass is 540 g/mol. The second-order valence-electron chi connectivity index (χ2n) is 9.67. The molecule has 0 spiro atoms. The number of hydrogen-bond donors (Lipinski definition) is 0. The average Bonchev–Trinajstić information content (AvgIpc) is 3.47. The highest BCUT2D eigenvalue weighted by Crippen LogP contribution is 2.30. The van der Waals surface area contributed by atoms with Crippen molar-refractivity contribution in [3.8, 4) is 16.2 Å². The van der Waals surface area contributed by atoms with Crippen molar-refractivity contribution in [2.75, 3.05) is 6.54 Å². The summed E-state index contributed by atoms with van der Waals surface area (Å²) in [5.74, 6) is 1.33. The molecule has 5 nitrogen and oxygen atoms in total. The lowest BCUT2D eigenvalue weighted by atomic mass is 9.90. The summed E-state index contributed by atoms with van der Waals surface area (Å²) in [5, 5.41) is 0. The molecular formula is C33H36N2O3S. The summed E-state index contributed by atoms with van der Waals surface area (Å²) in [6.45, 7) is 5.31. The van der Waals surface area contributed by atoms with Crippen LogP contribution < -0.4 is 4.74 Å². The van der Waals surface area contributed by atoms with Crippen molar-refractivity contribution in [3.05, 3.63) is 107 Å². The third-order valence-electron chi connectivity index (χ3n) is 6.75. The molecule has 0 aliphatic carbocycles. The molecule has 2 aromatic heterocycles. The van der Waals surface area contributed by atoms with E-state index in [9.17, 15) is 9.59 Å². The first-order valence-electron chi connectivity index (χ1n) is 13.7. The van der Waals surface area contributed by atoms with Crippen LogP contribution in [0.3, 0.4) is 0 Å². The van der Waals surface area contributed by atoms with Gasteiger partial charge < -0.3 is 14.4 Å². The standard InChI is InChI=1S/C33H36N2O3S/c1-3-7-26(8-4-2)27-14-16-30(17-15-27)38-24-25-10-12-28(13-11-25)31-18-19-32(39-31)33(37)35(21-22-36)23-29-9-5-6-20-34-29/h5-6,9-20,22,26H,3-4,7-8,21,23-24H2,1-2H3. The number of pyridine rings is 1. The second kappa shape index (κ2) is 14.4. The number of aromatic nitrogens is 1. The molecule has 0 unspecified atom stereocenters. The van der Waals surface area contributed by atoms with Crippen LogP contribution in [-0.2, 0) is 17.9 Å². The van der Waals surface area contributed by atoms with Crippen LogP contribution in [0.15, 0.2) is 85.1 Å². The number of nitrogens with zero attached hydrogens (tertiary/aromatic N) is 2. The zero-order chi connectivity index (χ0) is 27.5. The number of carbonyl (C=O) groups excluding carboxylic acids is 2. The number of rotatable bonds is 14. The number of hydrogen-bond acceptors (Lipinski definition) is 5. The van der Waals surface area contributed by atoms with Crippen LogP contribution in [0.5, 0.6) is 5.75 Å². The van der Waals surface area contributed by atoms with Crippen LogP contribution in [0.4, 0.5) is 0 Å². The van der Waals surface area contributed by atoms with E-state index in [-0.39, 0.29) is 12.5 Å². The molecule has 0 atom stereocenters. The molecule has 0 fully saturated rings. The van der Waals surface area contributed by atoms with E-state index in [2.05, 4.69) is 67.4 Å². The van der Waals surface area contributed by atoms with Crippen LogP contribution >= 0.6 is 11.3 Å². The molecule has 202 valence electrons. The van der Waals surface area contributed by atoms with Crippen LogP contribution in [0.1, 0.15) is 71.9 Å². The van der Waals surface area contributed by atoms with Crippen molar-refractivity contribution in [2.24, 2.45) is 0 Å². The van der Waals surface area contributed by atoms with Gasteiger partial charge in [-0.15, -0.1) is 11.3 Å². The molecule has 6 heteroatoms. The van der Waals surface area contributed by atoms with Crippen molar-refractivity contribution in [1.82, 2.24) is 9.88 Å². The highest BCUT2D eigenvalue weighted by atomic mass is 32.1. The lowest BCUT2D eigenvalue weighted by molar-refractivity contribution is -0.108. The van der Waals surface area contributed by atoms with E-state index < -0.39 is 0 Å². The van der Waals surface area contributed by atoms with Gasteiger partial charge in [0.15, 0.2) is 0 Å². The maximum atomic E-state index is 13.1. The molecule has 4 aromatic rings. The summed E-state index contributed by atoms with van der Waals surface area (Å²) in [4.78, 5) is 31.7. The first-order valence-corrected chi connectivity index (χ1v) is 14.5. The van der Waals surface area contributed by atoms with E-state index in [0.717, 1.165) is 33.7 Å². The van der Waals surface area contributed by atoms with Gasteiger partial charge >= 0.3 is 0 Å². The van der Waals surface area contributed by atoms with Crippen molar-refractivity contribution in [2.45, 2.75) is 58.6 Å². The van der Waals surface area contributed by atoms with Gasteiger partial charge in [0.05, 0.1) is 23.7 Å². The number of carbonyl (C=O) groups is 2. The molecular weight excluding hydrogens is 504 g/mol. The van der Waals surface area contributed by atoms with Crippen LogP contribution in [0.2, 0.25) is 0 Å². The Balaban J connectivity index is 1.35. The van der Waals surface area contributed by atoms with Crippen molar-refractivity contribution in [3.63, 3.8) is 0 Å². The van der Waals surface area contributed by atoms with Crippen LogP contribution in [-0.4, -0.2) is 28.6 Å². The maximum absolute atomic E-state index is 13.1. The minimum atomic E-state index is -0.171. The van der Waals surface area contributed by atoms with Gasteiger partial charge in [-0.2, -0.15) is 0 Å². The number of ether oxygens (including phenoxy) is 1. The molecule has 4 rings (SSSR count). The topological polar surface area (TPSA) is 59.5 Å². The van der Waals surface area contributed by atoms with Gasteiger partial charge in [0.2, 0.25) is 0 Å². The average molecular weight is 541 g/mol. The Kier molecular flexibility index (Phi) is 10.4. The van der Waals surface area contributed by atoms with Gasteiger partial charge in [0.1, 0.15) is 18.6 Å². The molecule has 0 N–H and O–H groups in total. The molecule has 2 heterocycles. The van der Waals surface area contributed by atoms with E-state index in [1.54, 1.807) is 6.20 Å². The fourth-order valence-electron chi connectivity index (χ4n) is 4.70. The Morgan fingerprint density at radius 1 is 0.949 bits per heavy atom. The summed E-state index contributed by atoms with van der Waals surface area (Å²) in [5.41, 5.74) is 4.26. The van der Waals surface area contributed by atoms with Crippen molar-refractivity contribution in [1.29, 1.82) is 0 Å². The van der Waals surface area contributed by atoms with Crippen LogP contribution in [0.25, 0.3) is 10.4 Å². The Morgan fingerprint density at radius 3 is 2.33 bits per heavy atom. The van der Waals surface area contributed by atoms with E-state index >= 15 is 0 Å². The molecule has 2 aromatic carbocycles. The van der Waals surface area contributed by atoms with Crippen molar-refractivity contribution >= 4 is 23.5 Å². The number of benzene rings is 2. The zero-order valence-corrected chi connectivity index (χ0v) is 23.5. The molecule has 0 saturated heterocycles. The molecule has 0 aliphatic heterocycles. The minimum Gasteiger partial charge on any atom is -0.489 e. The second-order valence-corrected chi connectivity index (χ2v) is 10.7. The molecule has 39 heavy (non-hydrogen) atoms. The maximum Gasteiger partial charge on any atom is 0.264 e. The summed E-state index contributed by atoms with van der Waals surface area (Å²) < 4.78 is 6.04. The molecule has 0 saturated carbocycles. The quantitative estimate of drug-likeness (QED) is 0.152. The summed E-state index contributed by atoms with van der Waals surface area (Å²) in [6.07, 6.45) is 7.29. The summed E-state index contributed by atoms with van der Waals surface area (Å²) in [7, 11) is 0. The lowest BCUT2D eigenvalue weighted by Gasteiger charge is -2.18. The Morgan fingerprint density at radius 2 is 1.69 bits per heavy atom. The Hall–Kier alpha value is -3.77. The van der Waals surface area contributed by atoms with E-state index in [0.29, 0.717) is 23.9 Å². The number of aldehydes is 1. The smallest absolute Gasteiger partial charge is 0.264 e. The first-order chi connectivity index (χ1) is 19.1. The highest BCUT2D eigenvalue weighted by molar-refractivity contribution is 7.17. The zero-order valence-electron chi connectivity index (χ0n) is 22.7. The van der Waals surface area contributed by atoms with E-state index in [1.807, 2.05) is 30.3 Å². The third kappa shape index (κ3) is 7.87. The lowest BCUT2D eigenvalue weighted by Crippen LogP contribution is -2.31. The molecule has 0 radical (unpaired) electrons. The normalized spacial score (nSPS) is 10.9. The number of thiophene rings is 1. The van der Waals surface area contributed by atoms with Crippen LogP contribution in [0, 0.1) is 0 Å². The SMILES string of the molecule is CCCC(CCC)c1ccc(OCc2ccc(-c3ccc(C(=O)N(CC=O)Cc4ccccn4)s3)cc2)cc1. The molecule has 0 bridgehead atoms. The van der Waals surface area contributed by atoms with Gasteiger partial charge in [-0.25, -0.2) is 0 Å². The minimum absolute atomic E-state index is 0.0259. The van der Waals surface area contributed by atoms with Gasteiger partial charge in [-0.3, -0.25) is 9.78 Å². The van der Waals surface area contributed by atoms with Gasteiger partial charge in [0, 0.05) is 11.1 Å². The largest absolute Gasteiger partial charge is 0.489 e. The summed E-state index contributed by atoms with van der Waals surface area (Å²) in [6, 6.07) is 26.1. The predicted molar refractivity (Wildman–Crippen MR) is 158 cm³/mol. The highest BCUT2D eigenvalue weighted by Gasteiger charge is 2.19. The molecule has 0 aliphatic rings.